The highest BCUT2D eigenvalue weighted by Crippen LogP contribution is 2.30. The molecule has 36 heavy (non-hydrogen) atoms. The minimum atomic E-state index is -0.494. The molecule has 1 aliphatic carbocycles. The van der Waals surface area contributed by atoms with E-state index in [-0.39, 0.29) is 23.8 Å². The molecular weight excluding hydrogens is 444 g/mol. The summed E-state index contributed by atoms with van der Waals surface area (Å²) in [7, 11) is 0. The van der Waals surface area contributed by atoms with Gasteiger partial charge < -0.3 is 10.2 Å². The van der Waals surface area contributed by atoms with Crippen molar-refractivity contribution in [3.63, 3.8) is 0 Å². The second kappa shape index (κ2) is 12.5. The Morgan fingerprint density at radius 1 is 0.861 bits per heavy atom. The molecule has 0 unspecified atom stereocenters. The second-order valence-corrected chi connectivity index (χ2v) is 10.00. The fourth-order valence-electron chi connectivity index (χ4n) is 5.27. The number of aryl methyl sites for hydroxylation is 1. The van der Waals surface area contributed by atoms with Crippen molar-refractivity contribution in [3.05, 3.63) is 107 Å². The van der Waals surface area contributed by atoms with E-state index >= 15 is 0 Å². The smallest absolute Gasteiger partial charge is 0.243 e. The lowest BCUT2D eigenvalue weighted by Gasteiger charge is -2.33. The summed E-state index contributed by atoms with van der Waals surface area (Å²) in [6, 6.07) is 28.4. The van der Waals surface area contributed by atoms with Crippen molar-refractivity contribution >= 4 is 11.8 Å². The number of carbonyl (C=O) groups is 2. The van der Waals surface area contributed by atoms with Crippen LogP contribution in [0.25, 0.3) is 0 Å². The van der Waals surface area contributed by atoms with E-state index in [1.807, 2.05) is 48.2 Å². The Labute approximate surface area is 215 Å². The molecule has 1 aliphatic rings. The molecule has 0 heterocycles. The molecule has 0 bridgehead atoms. The molecule has 1 fully saturated rings. The van der Waals surface area contributed by atoms with Gasteiger partial charge in [-0.2, -0.15) is 0 Å². The van der Waals surface area contributed by atoms with Gasteiger partial charge in [0.25, 0.3) is 0 Å². The number of nitrogens with one attached hydrogen (secondary N) is 1. The number of hydrogen-bond acceptors (Lipinski definition) is 2. The molecule has 0 aromatic heterocycles. The molecule has 4 rings (SSSR count). The molecule has 3 aromatic carbocycles. The average molecular weight is 483 g/mol. The zero-order chi connectivity index (χ0) is 25.3. The van der Waals surface area contributed by atoms with Crippen LogP contribution in [0.5, 0.6) is 0 Å². The van der Waals surface area contributed by atoms with Gasteiger partial charge in [-0.3, -0.25) is 9.59 Å². The maximum atomic E-state index is 14.1. The average Bonchev–Trinajstić information content (AvgIpc) is 3.42. The Bertz CT molecular complexity index is 1070. The predicted octanol–water partition coefficient (Wildman–Crippen LogP) is 6.38. The molecule has 0 aliphatic heterocycles. The molecule has 0 spiro atoms. The summed E-state index contributed by atoms with van der Waals surface area (Å²) in [5.74, 6) is -0.0987. The number of nitrogens with zero attached hydrogens (tertiary/aromatic N) is 1. The monoisotopic (exact) mass is 482 g/mol. The van der Waals surface area contributed by atoms with Gasteiger partial charge in [-0.1, -0.05) is 110 Å². The number of benzene rings is 3. The third kappa shape index (κ3) is 6.63. The fraction of sp³-hybridized carbons (Fsp3) is 0.375. The number of amides is 2. The second-order valence-electron chi connectivity index (χ2n) is 10.00. The molecule has 3 aromatic rings. The summed E-state index contributed by atoms with van der Waals surface area (Å²) in [4.78, 5) is 29.3. The van der Waals surface area contributed by atoms with Gasteiger partial charge in [-0.05, 0) is 42.9 Å². The van der Waals surface area contributed by atoms with Crippen molar-refractivity contribution in [3.8, 4) is 0 Å². The Kier molecular flexibility index (Phi) is 8.94. The van der Waals surface area contributed by atoms with E-state index in [2.05, 4.69) is 60.8 Å². The minimum Gasteiger partial charge on any atom is -0.352 e. The highest BCUT2D eigenvalue weighted by Gasteiger charge is 2.32. The van der Waals surface area contributed by atoms with E-state index in [1.165, 1.54) is 5.56 Å². The van der Waals surface area contributed by atoms with Crippen LogP contribution in [0.4, 0.5) is 0 Å². The Balaban J connectivity index is 1.62. The molecule has 0 saturated heterocycles. The van der Waals surface area contributed by atoms with E-state index in [0.717, 1.165) is 42.4 Å². The van der Waals surface area contributed by atoms with Crippen LogP contribution in [0.2, 0.25) is 0 Å². The Morgan fingerprint density at radius 2 is 1.42 bits per heavy atom. The first-order valence-corrected chi connectivity index (χ1v) is 13.3. The van der Waals surface area contributed by atoms with Gasteiger partial charge in [-0.25, -0.2) is 0 Å². The standard InChI is InChI=1S/C32H38N2O2/c1-3-30(32(36)33-28-16-10-11-17-28)34(23-25-20-18-24(2)19-21-25)31(35)22-29(26-12-6-4-7-13-26)27-14-8-5-9-15-27/h4-9,12-15,18-21,28-30H,3,10-11,16-17,22-23H2,1-2H3,(H,33,36)/t30-/m1/s1. The number of hydrogen-bond donors (Lipinski definition) is 1. The highest BCUT2D eigenvalue weighted by atomic mass is 16.2. The predicted molar refractivity (Wildman–Crippen MR) is 146 cm³/mol. The number of carbonyl (C=O) groups excluding carboxylic acids is 2. The van der Waals surface area contributed by atoms with Crippen LogP contribution in [0.3, 0.4) is 0 Å². The van der Waals surface area contributed by atoms with Crippen molar-refractivity contribution in [2.24, 2.45) is 0 Å². The Morgan fingerprint density at radius 3 is 1.94 bits per heavy atom. The zero-order valence-electron chi connectivity index (χ0n) is 21.5. The van der Waals surface area contributed by atoms with Crippen molar-refractivity contribution in [2.45, 2.75) is 76.9 Å². The number of rotatable bonds is 10. The molecular formula is C32H38N2O2. The van der Waals surface area contributed by atoms with Gasteiger partial charge in [0.15, 0.2) is 0 Å². The van der Waals surface area contributed by atoms with Crippen LogP contribution in [0, 0.1) is 6.92 Å². The van der Waals surface area contributed by atoms with E-state index < -0.39 is 6.04 Å². The quantitative estimate of drug-likeness (QED) is 0.364. The molecule has 4 heteroatoms. The van der Waals surface area contributed by atoms with Crippen LogP contribution in [0.1, 0.15) is 73.6 Å². The molecule has 188 valence electrons. The van der Waals surface area contributed by atoms with Gasteiger partial charge in [0.2, 0.25) is 11.8 Å². The summed E-state index contributed by atoms with van der Waals surface area (Å²) < 4.78 is 0. The van der Waals surface area contributed by atoms with Gasteiger partial charge in [0.05, 0.1) is 0 Å². The Hall–Kier alpha value is -3.40. The lowest BCUT2D eigenvalue weighted by atomic mass is 9.88. The molecule has 0 radical (unpaired) electrons. The van der Waals surface area contributed by atoms with Crippen LogP contribution < -0.4 is 5.32 Å². The van der Waals surface area contributed by atoms with Crippen LogP contribution >= 0.6 is 0 Å². The lowest BCUT2D eigenvalue weighted by molar-refractivity contribution is -0.141. The van der Waals surface area contributed by atoms with Crippen molar-refractivity contribution in [1.29, 1.82) is 0 Å². The summed E-state index contributed by atoms with van der Waals surface area (Å²) >= 11 is 0. The van der Waals surface area contributed by atoms with Crippen molar-refractivity contribution in [1.82, 2.24) is 10.2 Å². The summed E-state index contributed by atoms with van der Waals surface area (Å²) in [6.07, 6.45) is 5.26. The largest absolute Gasteiger partial charge is 0.352 e. The van der Waals surface area contributed by atoms with E-state index in [4.69, 9.17) is 0 Å². The van der Waals surface area contributed by atoms with Crippen LogP contribution in [0.15, 0.2) is 84.9 Å². The molecule has 1 saturated carbocycles. The molecule has 4 nitrogen and oxygen atoms in total. The highest BCUT2D eigenvalue weighted by molar-refractivity contribution is 5.88. The topological polar surface area (TPSA) is 49.4 Å². The van der Waals surface area contributed by atoms with Crippen molar-refractivity contribution in [2.75, 3.05) is 0 Å². The lowest BCUT2D eigenvalue weighted by Crippen LogP contribution is -2.51. The maximum absolute atomic E-state index is 14.1. The van der Waals surface area contributed by atoms with E-state index in [0.29, 0.717) is 19.4 Å². The van der Waals surface area contributed by atoms with Crippen molar-refractivity contribution < 1.29 is 9.59 Å². The summed E-state index contributed by atoms with van der Waals surface area (Å²) in [5.41, 5.74) is 4.43. The van der Waals surface area contributed by atoms with E-state index in [1.54, 1.807) is 0 Å². The third-order valence-electron chi connectivity index (χ3n) is 7.34. The first-order chi connectivity index (χ1) is 17.5. The normalized spacial score (nSPS) is 14.5. The SMILES string of the molecule is CC[C@H](C(=O)NC1CCCC1)N(Cc1ccc(C)cc1)C(=O)CC(c1ccccc1)c1ccccc1. The van der Waals surface area contributed by atoms with Crippen LogP contribution in [-0.2, 0) is 16.1 Å². The summed E-state index contributed by atoms with van der Waals surface area (Å²) in [5, 5.41) is 3.24. The molecule has 1 atom stereocenters. The molecule has 2 amide bonds. The zero-order valence-corrected chi connectivity index (χ0v) is 21.5. The van der Waals surface area contributed by atoms with Gasteiger partial charge in [-0.15, -0.1) is 0 Å². The van der Waals surface area contributed by atoms with Gasteiger partial charge in [0.1, 0.15) is 6.04 Å². The first kappa shape index (κ1) is 25.7. The summed E-state index contributed by atoms with van der Waals surface area (Å²) in [6.45, 7) is 4.48. The van der Waals surface area contributed by atoms with Gasteiger partial charge in [0, 0.05) is 24.9 Å². The van der Waals surface area contributed by atoms with Gasteiger partial charge >= 0.3 is 0 Å². The molecule has 1 N–H and O–H groups in total. The minimum absolute atomic E-state index is 0.00158. The first-order valence-electron chi connectivity index (χ1n) is 13.3. The maximum Gasteiger partial charge on any atom is 0.243 e. The fourth-order valence-corrected chi connectivity index (χ4v) is 5.27. The van der Waals surface area contributed by atoms with Crippen LogP contribution in [-0.4, -0.2) is 28.8 Å². The third-order valence-corrected chi connectivity index (χ3v) is 7.34. The van der Waals surface area contributed by atoms with E-state index in [9.17, 15) is 9.59 Å².